The van der Waals surface area contributed by atoms with Gasteiger partial charge in [0.1, 0.15) is 11.5 Å². The predicted octanol–water partition coefficient (Wildman–Crippen LogP) is 5.54. The van der Waals surface area contributed by atoms with Gasteiger partial charge in [0.25, 0.3) is 0 Å². The summed E-state index contributed by atoms with van der Waals surface area (Å²) < 4.78 is 14.7. The molecule has 0 radical (unpaired) electrons. The van der Waals surface area contributed by atoms with Crippen molar-refractivity contribution < 1.29 is 4.39 Å². The van der Waals surface area contributed by atoms with E-state index in [-0.39, 0.29) is 11.9 Å². The van der Waals surface area contributed by atoms with Crippen molar-refractivity contribution in [2.24, 2.45) is 5.73 Å². The lowest BCUT2D eigenvalue weighted by molar-refractivity contribution is 0.376. The number of nitrogens with one attached hydrogen (secondary N) is 2. The van der Waals surface area contributed by atoms with E-state index in [9.17, 15) is 4.39 Å². The third-order valence-electron chi connectivity index (χ3n) is 6.54. The molecule has 7 nitrogen and oxygen atoms in total. The van der Waals surface area contributed by atoms with E-state index in [0.29, 0.717) is 6.54 Å². The first-order valence-corrected chi connectivity index (χ1v) is 12.0. The molecule has 4 N–H and O–H groups in total. The average Bonchev–Trinajstić information content (AvgIpc) is 3.52. The molecule has 37 heavy (non-hydrogen) atoms. The molecular formula is C29H26FN7. The summed E-state index contributed by atoms with van der Waals surface area (Å²) in [4.78, 5) is 14.3. The van der Waals surface area contributed by atoms with Crippen LogP contribution in [-0.4, -0.2) is 50.7 Å². The van der Waals surface area contributed by atoms with Crippen molar-refractivity contribution in [2.45, 2.75) is 6.04 Å². The molecule has 0 aliphatic rings. The number of hydrogen-bond acceptors (Lipinski definition) is 5. The maximum atomic E-state index is 14.7. The maximum Gasteiger partial charge on any atom is 0.124 e. The van der Waals surface area contributed by atoms with Gasteiger partial charge >= 0.3 is 0 Å². The number of fused-ring (bicyclic) bond motifs is 2. The van der Waals surface area contributed by atoms with Gasteiger partial charge in [-0.2, -0.15) is 5.10 Å². The predicted molar refractivity (Wildman–Crippen MR) is 145 cm³/mol. The monoisotopic (exact) mass is 491 g/mol. The molecule has 0 spiro atoms. The van der Waals surface area contributed by atoms with E-state index in [2.05, 4.69) is 31.2 Å². The van der Waals surface area contributed by atoms with Gasteiger partial charge in [0.15, 0.2) is 0 Å². The largest absolute Gasteiger partial charge is 0.353 e. The van der Waals surface area contributed by atoms with Gasteiger partial charge < -0.3 is 15.6 Å². The molecule has 0 aliphatic carbocycles. The van der Waals surface area contributed by atoms with Gasteiger partial charge in [0.2, 0.25) is 0 Å². The fourth-order valence-corrected chi connectivity index (χ4v) is 4.81. The molecular weight excluding hydrogens is 465 g/mol. The summed E-state index contributed by atoms with van der Waals surface area (Å²) in [7, 11) is 3.91. The Morgan fingerprint density at radius 1 is 0.946 bits per heavy atom. The molecule has 8 heteroatoms. The number of rotatable bonds is 6. The van der Waals surface area contributed by atoms with Crippen molar-refractivity contribution in [3.8, 4) is 33.8 Å². The van der Waals surface area contributed by atoms with Crippen LogP contribution in [0.1, 0.15) is 11.6 Å². The first-order valence-electron chi connectivity index (χ1n) is 12.0. The molecule has 0 fully saturated rings. The third-order valence-corrected chi connectivity index (χ3v) is 6.54. The van der Waals surface area contributed by atoms with Crippen molar-refractivity contribution in [1.29, 1.82) is 0 Å². The van der Waals surface area contributed by atoms with Gasteiger partial charge in [-0.15, -0.1) is 0 Å². The van der Waals surface area contributed by atoms with Crippen LogP contribution in [0.25, 0.3) is 55.6 Å². The second-order valence-electron chi connectivity index (χ2n) is 9.52. The summed E-state index contributed by atoms with van der Waals surface area (Å²) in [5.41, 5.74) is 14.0. The van der Waals surface area contributed by atoms with Crippen LogP contribution in [0.4, 0.5) is 4.39 Å². The zero-order valence-corrected chi connectivity index (χ0v) is 20.5. The maximum absolute atomic E-state index is 14.7. The summed E-state index contributed by atoms with van der Waals surface area (Å²) in [6.45, 7) is 0.628. The molecule has 6 aromatic rings. The van der Waals surface area contributed by atoms with Crippen LogP contribution in [-0.2, 0) is 0 Å². The topological polar surface area (TPSA) is 99.5 Å². The number of aromatic amines is 2. The van der Waals surface area contributed by atoms with E-state index in [1.54, 1.807) is 24.7 Å². The number of nitrogens with zero attached hydrogens (tertiary/aromatic N) is 4. The highest BCUT2D eigenvalue weighted by molar-refractivity contribution is 6.01. The summed E-state index contributed by atoms with van der Waals surface area (Å²) in [5, 5.41) is 9.60. The van der Waals surface area contributed by atoms with Gasteiger partial charge in [0, 0.05) is 46.8 Å². The Balaban J connectivity index is 1.45. The highest BCUT2D eigenvalue weighted by Crippen LogP contribution is 2.35. The standard InChI is InChI=1S/C29H26FN7/c1-37(2)16-24(31)19-9-18(10-20(30)11-19)21-6-3-7-25-22(21)12-27(34-25)29-23-13-26(17-5-4-8-32-14-17)33-15-28(23)35-36-29/h3-15,24,34H,16,31H2,1-2H3,(H,35,36). The Hall–Kier alpha value is -4.40. The molecule has 4 heterocycles. The SMILES string of the molecule is CN(C)CC(N)c1cc(F)cc(-c2cccc3[nH]c(-c4n[nH]c5cnc(-c6cccnc6)cc45)cc23)c1. The van der Waals surface area contributed by atoms with Gasteiger partial charge in [-0.05, 0) is 79.3 Å². The summed E-state index contributed by atoms with van der Waals surface area (Å²) in [5.74, 6) is -0.303. The van der Waals surface area contributed by atoms with Crippen LogP contribution in [0.15, 0.2) is 79.3 Å². The number of nitrogens with two attached hydrogens (primary N) is 1. The zero-order valence-electron chi connectivity index (χ0n) is 20.5. The molecule has 2 aromatic carbocycles. The molecule has 0 amide bonds. The van der Waals surface area contributed by atoms with Crippen molar-refractivity contribution in [2.75, 3.05) is 20.6 Å². The fraction of sp³-hybridized carbons (Fsp3) is 0.138. The second kappa shape index (κ2) is 9.24. The lowest BCUT2D eigenvalue weighted by Gasteiger charge is -2.18. The van der Waals surface area contributed by atoms with E-state index >= 15 is 0 Å². The summed E-state index contributed by atoms with van der Waals surface area (Å²) >= 11 is 0. The van der Waals surface area contributed by atoms with Crippen LogP contribution < -0.4 is 5.73 Å². The van der Waals surface area contributed by atoms with Gasteiger partial charge in [-0.1, -0.05) is 12.1 Å². The lowest BCUT2D eigenvalue weighted by atomic mass is 9.97. The number of likely N-dealkylation sites (N-methyl/N-ethyl adjacent to an activating group) is 1. The van der Waals surface area contributed by atoms with Crippen LogP contribution >= 0.6 is 0 Å². The van der Waals surface area contributed by atoms with Crippen molar-refractivity contribution in [3.05, 3.63) is 90.6 Å². The zero-order chi connectivity index (χ0) is 25.5. The minimum absolute atomic E-state index is 0.288. The highest BCUT2D eigenvalue weighted by Gasteiger charge is 2.16. The second-order valence-corrected chi connectivity index (χ2v) is 9.52. The van der Waals surface area contributed by atoms with Crippen molar-refractivity contribution in [3.63, 3.8) is 0 Å². The average molecular weight is 492 g/mol. The third kappa shape index (κ3) is 4.37. The Bertz CT molecular complexity index is 1720. The number of pyridine rings is 2. The minimum Gasteiger partial charge on any atom is -0.353 e. The molecule has 0 aliphatic heterocycles. The van der Waals surface area contributed by atoms with Crippen molar-refractivity contribution >= 4 is 21.8 Å². The Morgan fingerprint density at radius 3 is 2.65 bits per heavy atom. The first kappa shape index (κ1) is 23.0. The van der Waals surface area contributed by atoms with E-state index < -0.39 is 0 Å². The van der Waals surface area contributed by atoms with Gasteiger partial charge in [-0.3, -0.25) is 15.1 Å². The quantitative estimate of drug-likeness (QED) is 0.284. The van der Waals surface area contributed by atoms with Crippen LogP contribution in [0.5, 0.6) is 0 Å². The molecule has 1 atom stereocenters. The van der Waals surface area contributed by atoms with Gasteiger partial charge in [-0.25, -0.2) is 4.39 Å². The molecule has 4 aromatic heterocycles. The van der Waals surface area contributed by atoms with Gasteiger partial charge in [0.05, 0.1) is 23.1 Å². The summed E-state index contributed by atoms with van der Waals surface area (Å²) in [6.07, 6.45) is 5.32. The number of halogens is 1. The highest BCUT2D eigenvalue weighted by atomic mass is 19.1. The van der Waals surface area contributed by atoms with Crippen LogP contribution in [0.2, 0.25) is 0 Å². The molecule has 184 valence electrons. The molecule has 6 rings (SSSR count). The van der Waals surface area contributed by atoms with Crippen molar-refractivity contribution in [1.82, 2.24) is 30.0 Å². The van der Waals surface area contributed by atoms with Crippen LogP contribution in [0.3, 0.4) is 0 Å². The smallest absolute Gasteiger partial charge is 0.124 e. The number of H-pyrrole nitrogens is 2. The molecule has 0 bridgehead atoms. The minimum atomic E-state index is -0.303. The molecule has 1 unspecified atom stereocenters. The normalized spacial score (nSPS) is 12.6. The van der Waals surface area contributed by atoms with E-state index in [4.69, 9.17) is 5.73 Å². The van der Waals surface area contributed by atoms with E-state index in [1.165, 1.54) is 6.07 Å². The Kier molecular flexibility index (Phi) is 5.75. The van der Waals surface area contributed by atoms with E-state index in [0.717, 1.165) is 61.1 Å². The Morgan fingerprint density at radius 2 is 1.84 bits per heavy atom. The number of hydrogen-bond donors (Lipinski definition) is 3. The number of aromatic nitrogens is 5. The van der Waals surface area contributed by atoms with Crippen LogP contribution in [0, 0.1) is 5.82 Å². The van der Waals surface area contributed by atoms with E-state index in [1.807, 2.05) is 61.5 Å². The Labute approximate surface area is 213 Å². The molecule has 0 saturated heterocycles. The lowest BCUT2D eigenvalue weighted by Crippen LogP contribution is -2.26. The molecule has 0 saturated carbocycles. The fourth-order valence-electron chi connectivity index (χ4n) is 4.81. The summed E-state index contributed by atoms with van der Waals surface area (Å²) in [6, 6.07) is 18.7. The number of benzene rings is 2. The first-order chi connectivity index (χ1) is 18.0.